The molecular weight excluding hydrogens is 416 g/mol. The van der Waals surface area contributed by atoms with Gasteiger partial charge in [0.15, 0.2) is 5.82 Å². The van der Waals surface area contributed by atoms with Crippen molar-refractivity contribution in [1.29, 1.82) is 0 Å². The Labute approximate surface area is 196 Å². The van der Waals surface area contributed by atoms with Gasteiger partial charge in [0.25, 0.3) is 5.91 Å². The molecule has 2 aromatic rings. The summed E-state index contributed by atoms with van der Waals surface area (Å²) in [5.74, 6) is 1.54. The number of nitrogens with zero attached hydrogens (tertiary/aromatic N) is 4. The number of fused-ring (bicyclic) bond motifs is 1. The first-order valence-corrected chi connectivity index (χ1v) is 11.7. The smallest absolute Gasteiger partial charge is 0.251 e. The van der Waals surface area contributed by atoms with Crippen LogP contribution >= 0.6 is 0 Å². The zero-order valence-electron chi connectivity index (χ0n) is 20.0. The summed E-state index contributed by atoms with van der Waals surface area (Å²) < 4.78 is 0. The molecule has 33 heavy (non-hydrogen) atoms. The van der Waals surface area contributed by atoms with Crippen LogP contribution in [0.2, 0.25) is 0 Å². The molecule has 8 heteroatoms. The number of carbonyl (C=O) groups is 2. The molecular formula is C25H34N6O2. The van der Waals surface area contributed by atoms with E-state index in [1.165, 1.54) is 12.8 Å². The molecule has 0 bridgehead atoms. The minimum atomic E-state index is -0.234. The second kappa shape index (κ2) is 9.79. The quantitative estimate of drug-likeness (QED) is 0.674. The number of carbonyl (C=O) groups excluding carboxylic acids is 2. The molecule has 1 aliphatic heterocycles. The summed E-state index contributed by atoms with van der Waals surface area (Å²) in [5.41, 5.74) is 2.23. The van der Waals surface area contributed by atoms with E-state index < -0.39 is 0 Å². The number of anilines is 4. The maximum Gasteiger partial charge on any atom is 0.251 e. The topological polar surface area (TPSA) is 80.8 Å². The number of rotatable bonds is 7. The van der Waals surface area contributed by atoms with Crippen molar-refractivity contribution in [2.75, 3.05) is 49.3 Å². The predicted molar refractivity (Wildman–Crippen MR) is 132 cm³/mol. The molecule has 0 unspecified atom stereocenters. The van der Waals surface area contributed by atoms with Gasteiger partial charge in [-0.1, -0.05) is 18.9 Å². The number of benzene rings is 1. The monoisotopic (exact) mass is 450 g/mol. The summed E-state index contributed by atoms with van der Waals surface area (Å²) in [7, 11) is 5.77. The number of aromatic nitrogens is 1. The van der Waals surface area contributed by atoms with Gasteiger partial charge in [0.1, 0.15) is 11.9 Å². The molecule has 1 fully saturated rings. The van der Waals surface area contributed by atoms with Crippen molar-refractivity contribution in [1.82, 2.24) is 15.2 Å². The van der Waals surface area contributed by atoms with Crippen LogP contribution in [0.15, 0.2) is 36.4 Å². The lowest BCUT2D eigenvalue weighted by molar-refractivity contribution is -0.119. The fourth-order valence-corrected chi connectivity index (χ4v) is 4.72. The molecule has 2 aliphatic rings. The molecule has 4 rings (SSSR count). The molecule has 1 aliphatic carbocycles. The summed E-state index contributed by atoms with van der Waals surface area (Å²) >= 11 is 0. The van der Waals surface area contributed by atoms with Gasteiger partial charge in [0.2, 0.25) is 5.91 Å². The van der Waals surface area contributed by atoms with Gasteiger partial charge in [-0.2, -0.15) is 0 Å². The van der Waals surface area contributed by atoms with E-state index >= 15 is 0 Å². The molecule has 2 N–H and O–H groups in total. The van der Waals surface area contributed by atoms with E-state index in [2.05, 4.69) is 15.5 Å². The molecule has 1 atom stereocenters. The highest BCUT2D eigenvalue weighted by Gasteiger charge is 2.39. The lowest BCUT2D eigenvalue weighted by Crippen LogP contribution is -2.54. The van der Waals surface area contributed by atoms with Crippen LogP contribution in [-0.4, -0.2) is 68.0 Å². The van der Waals surface area contributed by atoms with E-state index in [0.717, 1.165) is 36.6 Å². The number of amides is 2. The normalized spacial score (nSPS) is 18.6. The molecule has 1 aromatic heterocycles. The Morgan fingerprint density at radius 1 is 1.18 bits per heavy atom. The summed E-state index contributed by atoms with van der Waals surface area (Å²) in [6.45, 7) is 3.35. The van der Waals surface area contributed by atoms with Crippen LogP contribution < -0.4 is 20.4 Å². The van der Waals surface area contributed by atoms with E-state index in [4.69, 9.17) is 4.98 Å². The number of nitrogens with one attached hydrogen (secondary N) is 2. The maximum atomic E-state index is 12.8. The molecule has 2 amide bonds. The first-order chi connectivity index (χ1) is 15.8. The second-order valence-corrected chi connectivity index (χ2v) is 9.22. The van der Waals surface area contributed by atoms with Crippen molar-refractivity contribution in [2.45, 2.75) is 44.7 Å². The van der Waals surface area contributed by atoms with E-state index in [-0.39, 0.29) is 17.9 Å². The van der Waals surface area contributed by atoms with Crippen molar-refractivity contribution in [3.8, 4) is 0 Å². The van der Waals surface area contributed by atoms with Crippen molar-refractivity contribution in [2.24, 2.45) is 0 Å². The molecule has 176 valence electrons. The largest absolute Gasteiger partial charge is 0.351 e. The molecule has 0 saturated heterocycles. The van der Waals surface area contributed by atoms with Crippen LogP contribution in [-0.2, 0) is 4.79 Å². The third kappa shape index (κ3) is 4.95. The Morgan fingerprint density at radius 2 is 1.94 bits per heavy atom. The summed E-state index contributed by atoms with van der Waals surface area (Å²) in [6, 6.07) is 11.4. The van der Waals surface area contributed by atoms with Gasteiger partial charge in [-0.25, -0.2) is 4.98 Å². The summed E-state index contributed by atoms with van der Waals surface area (Å²) in [4.78, 5) is 36.2. The van der Waals surface area contributed by atoms with Gasteiger partial charge in [0.05, 0.1) is 5.69 Å². The Hall–Kier alpha value is -3.13. The standard InChI is InChI=1S/C25H34N6O2/c1-17-25(33)30(4)21-12-13-22(28-23(21)31(17)20-10-5-6-11-20)27-19-9-7-8-18(16-19)24(32)26-14-15-29(2)3/h7-9,12-13,16-17,20H,5-6,10-11,14-15H2,1-4H3,(H,26,32)(H,27,28)/t17-/m1/s1. The number of hydrogen-bond acceptors (Lipinski definition) is 6. The van der Waals surface area contributed by atoms with Crippen molar-refractivity contribution in [3.63, 3.8) is 0 Å². The zero-order chi connectivity index (χ0) is 23.5. The van der Waals surface area contributed by atoms with E-state index in [9.17, 15) is 9.59 Å². The third-order valence-corrected chi connectivity index (χ3v) is 6.53. The highest BCUT2D eigenvalue weighted by Crippen LogP contribution is 2.39. The van der Waals surface area contributed by atoms with Crippen LogP contribution in [0.5, 0.6) is 0 Å². The van der Waals surface area contributed by atoms with Crippen molar-refractivity contribution < 1.29 is 9.59 Å². The minimum Gasteiger partial charge on any atom is -0.351 e. The van der Waals surface area contributed by atoms with Crippen molar-refractivity contribution >= 4 is 34.8 Å². The SMILES string of the molecule is C[C@@H]1C(=O)N(C)c2ccc(Nc3cccc(C(=O)NCCN(C)C)c3)nc2N1C1CCCC1. The number of pyridine rings is 1. The number of hydrogen-bond donors (Lipinski definition) is 2. The first kappa shape index (κ1) is 23.0. The third-order valence-electron chi connectivity index (χ3n) is 6.53. The summed E-state index contributed by atoms with van der Waals surface area (Å²) in [5, 5.41) is 6.29. The zero-order valence-corrected chi connectivity index (χ0v) is 20.0. The molecule has 0 radical (unpaired) electrons. The average Bonchev–Trinajstić information content (AvgIpc) is 3.32. The van der Waals surface area contributed by atoms with Gasteiger partial charge in [0, 0.05) is 37.4 Å². The lowest BCUT2D eigenvalue weighted by Gasteiger charge is -2.42. The van der Waals surface area contributed by atoms with Gasteiger partial charge < -0.3 is 25.3 Å². The van der Waals surface area contributed by atoms with Gasteiger partial charge in [-0.05, 0) is 64.2 Å². The second-order valence-electron chi connectivity index (χ2n) is 9.22. The van der Waals surface area contributed by atoms with Crippen LogP contribution in [0, 0.1) is 0 Å². The molecule has 1 saturated carbocycles. The maximum absolute atomic E-state index is 12.8. The van der Waals surface area contributed by atoms with Crippen LogP contribution in [0.3, 0.4) is 0 Å². The van der Waals surface area contributed by atoms with Gasteiger partial charge >= 0.3 is 0 Å². The Bertz CT molecular complexity index is 1020. The van der Waals surface area contributed by atoms with E-state index in [0.29, 0.717) is 24.0 Å². The fraction of sp³-hybridized carbons (Fsp3) is 0.480. The Balaban J connectivity index is 1.55. The van der Waals surface area contributed by atoms with E-state index in [1.54, 1.807) is 11.0 Å². The number of likely N-dealkylation sites (N-methyl/N-ethyl adjacent to an activating group) is 2. The molecule has 8 nitrogen and oxygen atoms in total. The van der Waals surface area contributed by atoms with Crippen LogP contribution in [0.1, 0.15) is 43.0 Å². The fourth-order valence-electron chi connectivity index (χ4n) is 4.72. The first-order valence-electron chi connectivity index (χ1n) is 11.7. The summed E-state index contributed by atoms with van der Waals surface area (Å²) in [6.07, 6.45) is 4.55. The average molecular weight is 451 g/mol. The Morgan fingerprint density at radius 3 is 2.67 bits per heavy atom. The highest BCUT2D eigenvalue weighted by molar-refractivity contribution is 6.04. The van der Waals surface area contributed by atoms with Crippen LogP contribution in [0.4, 0.5) is 23.0 Å². The Kier molecular flexibility index (Phi) is 6.83. The molecule has 0 spiro atoms. The van der Waals surface area contributed by atoms with Gasteiger partial charge in [-0.15, -0.1) is 0 Å². The molecule has 1 aromatic carbocycles. The van der Waals surface area contributed by atoms with E-state index in [1.807, 2.05) is 63.3 Å². The molecule has 2 heterocycles. The lowest BCUT2D eigenvalue weighted by atomic mass is 10.1. The van der Waals surface area contributed by atoms with Crippen LogP contribution in [0.25, 0.3) is 0 Å². The van der Waals surface area contributed by atoms with Gasteiger partial charge in [-0.3, -0.25) is 9.59 Å². The predicted octanol–water partition coefficient (Wildman–Crippen LogP) is 3.23. The highest BCUT2D eigenvalue weighted by atomic mass is 16.2. The van der Waals surface area contributed by atoms with Crippen molar-refractivity contribution in [3.05, 3.63) is 42.0 Å². The minimum absolute atomic E-state index is 0.0970.